The zero-order valence-electron chi connectivity index (χ0n) is 10.4. The van der Waals surface area contributed by atoms with E-state index in [4.69, 9.17) is 4.42 Å². The van der Waals surface area contributed by atoms with Crippen molar-refractivity contribution < 1.29 is 9.34 Å². The standard InChI is InChI=1S/C12H14N4O3/c1-9(4-5-11-3-2-6-19-11)15-12-13-7-10(8-14-12)16(17)18/h2-3,6-9H,4-5H2,1H3,(H,13,14,15). The molecule has 0 saturated heterocycles. The number of rotatable bonds is 6. The first kappa shape index (κ1) is 13.0. The van der Waals surface area contributed by atoms with Gasteiger partial charge in [0.15, 0.2) is 0 Å². The quantitative estimate of drug-likeness (QED) is 0.634. The van der Waals surface area contributed by atoms with E-state index in [1.165, 1.54) is 12.4 Å². The fraction of sp³-hybridized carbons (Fsp3) is 0.333. The molecule has 100 valence electrons. The summed E-state index contributed by atoms with van der Waals surface area (Å²) >= 11 is 0. The molecule has 1 atom stereocenters. The van der Waals surface area contributed by atoms with Crippen LogP contribution < -0.4 is 5.32 Å². The number of nitrogens with one attached hydrogen (secondary N) is 1. The van der Waals surface area contributed by atoms with Crippen molar-refractivity contribution in [2.24, 2.45) is 0 Å². The van der Waals surface area contributed by atoms with E-state index in [1.54, 1.807) is 6.26 Å². The Morgan fingerprint density at radius 3 is 2.79 bits per heavy atom. The summed E-state index contributed by atoms with van der Waals surface area (Å²) in [5, 5.41) is 13.5. The fourth-order valence-corrected chi connectivity index (χ4v) is 1.60. The maximum absolute atomic E-state index is 10.5. The molecule has 1 unspecified atom stereocenters. The summed E-state index contributed by atoms with van der Waals surface area (Å²) < 4.78 is 5.24. The minimum absolute atomic E-state index is 0.117. The number of hydrogen-bond acceptors (Lipinski definition) is 6. The number of furan rings is 1. The number of aryl methyl sites for hydroxylation is 1. The fourth-order valence-electron chi connectivity index (χ4n) is 1.60. The Morgan fingerprint density at radius 1 is 1.47 bits per heavy atom. The third kappa shape index (κ3) is 3.77. The number of nitro groups is 1. The number of anilines is 1. The van der Waals surface area contributed by atoms with Crippen molar-refractivity contribution in [1.82, 2.24) is 9.97 Å². The lowest BCUT2D eigenvalue weighted by Gasteiger charge is -2.12. The minimum Gasteiger partial charge on any atom is -0.469 e. The van der Waals surface area contributed by atoms with Gasteiger partial charge in [-0.1, -0.05) is 0 Å². The van der Waals surface area contributed by atoms with Crippen molar-refractivity contribution in [1.29, 1.82) is 0 Å². The molecule has 0 aliphatic rings. The van der Waals surface area contributed by atoms with Gasteiger partial charge in [-0.3, -0.25) is 10.1 Å². The molecule has 2 aromatic rings. The summed E-state index contributed by atoms with van der Waals surface area (Å²) in [6, 6.07) is 3.92. The molecule has 1 N–H and O–H groups in total. The smallest absolute Gasteiger partial charge is 0.305 e. The van der Waals surface area contributed by atoms with Crippen LogP contribution in [0.15, 0.2) is 35.2 Å². The molecule has 0 aromatic carbocycles. The van der Waals surface area contributed by atoms with E-state index in [0.29, 0.717) is 5.95 Å². The third-order valence-electron chi connectivity index (χ3n) is 2.63. The molecule has 2 heterocycles. The Bertz CT molecular complexity index is 524. The molecule has 0 fully saturated rings. The second-order valence-electron chi connectivity index (χ2n) is 4.19. The number of aromatic nitrogens is 2. The van der Waals surface area contributed by atoms with E-state index in [-0.39, 0.29) is 11.7 Å². The van der Waals surface area contributed by atoms with E-state index in [2.05, 4.69) is 15.3 Å². The lowest BCUT2D eigenvalue weighted by atomic mass is 10.1. The summed E-state index contributed by atoms with van der Waals surface area (Å²) in [4.78, 5) is 17.7. The normalized spacial score (nSPS) is 12.1. The van der Waals surface area contributed by atoms with Crippen molar-refractivity contribution >= 4 is 11.6 Å². The lowest BCUT2D eigenvalue weighted by Crippen LogP contribution is -2.17. The maximum Gasteiger partial charge on any atom is 0.305 e. The topological polar surface area (TPSA) is 94.1 Å². The molecule has 2 aromatic heterocycles. The summed E-state index contributed by atoms with van der Waals surface area (Å²) in [5.41, 5.74) is -0.117. The van der Waals surface area contributed by atoms with Gasteiger partial charge < -0.3 is 9.73 Å². The minimum atomic E-state index is -0.524. The third-order valence-corrected chi connectivity index (χ3v) is 2.63. The van der Waals surface area contributed by atoms with Gasteiger partial charge >= 0.3 is 5.69 Å². The first-order valence-electron chi connectivity index (χ1n) is 5.90. The Labute approximate surface area is 109 Å². The molecule has 0 aliphatic heterocycles. The van der Waals surface area contributed by atoms with Crippen LogP contribution in [-0.2, 0) is 6.42 Å². The Kier molecular flexibility index (Phi) is 4.07. The van der Waals surface area contributed by atoms with Gasteiger partial charge in [-0.15, -0.1) is 0 Å². The predicted octanol–water partition coefficient (Wildman–Crippen LogP) is 2.41. The van der Waals surface area contributed by atoms with Gasteiger partial charge in [0.2, 0.25) is 5.95 Å². The molecule has 2 rings (SSSR count). The van der Waals surface area contributed by atoms with Gasteiger partial charge in [-0.25, -0.2) is 9.97 Å². The Morgan fingerprint density at radius 2 is 2.21 bits per heavy atom. The number of nitrogens with zero attached hydrogens (tertiary/aromatic N) is 3. The molecule has 0 amide bonds. The second-order valence-corrected chi connectivity index (χ2v) is 4.19. The van der Waals surface area contributed by atoms with Gasteiger partial charge in [-0.2, -0.15) is 0 Å². The van der Waals surface area contributed by atoms with Gasteiger partial charge in [0, 0.05) is 12.5 Å². The van der Waals surface area contributed by atoms with Crippen LogP contribution in [0.4, 0.5) is 11.6 Å². The van der Waals surface area contributed by atoms with Crippen molar-refractivity contribution in [2.75, 3.05) is 5.32 Å². The highest BCUT2D eigenvalue weighted by Crippen LogP contribution is 2.11. The van der Waals surface area contributed by atoms with Crippen LogP contribution in [0.5, 0.6) is 0 Å². The molecule has 0 saturated carbocycles. The highest BCUT2D eigenvalue weighted by molar-refractivity contribution is 5.31. The van der Waals surface area contributed by atoms with Crippen molar-refractivity contribution in [3.8, 4) is 0 Å². The van der Waals surface area contributed by atoms with E-state index >= 15 is 0 Å². The first-order chi connectivity index (χ1) is 9.15. The van der Waals surface area contributed by atoms with Crippen molar-refractivity contribution in [2.45, 2.75) is 25.8 Å². The monoisotopic (exact) mass is 262 g/mol. The average molecular weight is 262 g/mol. The zero-order valence-corrected chi connectivity index (χ0v) is 10.4. The molecular formula is C12H14N4O3. The molecule has 7 nitrogen and oxygen atoms in total. The molecule has 0 bridgehead atoms. The Balaban J connectivity index is 1.84. The molecule has 0 spiro atoms. The predicted molar refractivity (Wildman–Crippen MR) is 68.8 cm³/mol. The lowest BCUT2D eigenvalue weighted by molar-refractivity contribution is -0.385. The number of hydrogen-bond donors (Lipinski definition) is 1. The zero-order chi connectivity index (χ0) is 13.7. The van der Waals surface area contributed by atoms with Crippen molar-refractivity contribution in [3.05, 3.63) is 46.7 Å². The second kappa shape index (κ2) is 5.94. The largest absolute Gasteiger partial charge is 0.469 e. The Hall–Kier alpha value is -2.44. The first-order valence-corrected chi connectivity index (χ1v) is 5.90. The molecule has 7 heteroatoms. The maximum atomic E-state index is 10.5. The summed E-state index contributed by atoms with van der Waals surface area (Å²) in [5.74, 6) is 1.32. The van der Waals surface area contributed by atoms with Gasteiger partial charge in [0.25, 0.3) is 0 Å². The van der Waals surface area contributed by atoms with Crippen LogP contribution in [-0.4, -0.2) is 20.9 Å². The van der Waals surface area contributed by atoms with Crippen LogP contribution >= 0.6 is 0 Å². The van der Waals surface area contributed by atoms with Gasteiger partial charge in [-0.05, 0) is 25.5 Å². The van der Waals surface area contributed by atoms with Crippen LogP contribution in [0.1, 0.15) is 19.1 Å². The van der Waals surface area contributed by atoms with E-state index < -0.39 is 4.92 Å². The summed E-state index contributed by atoms with van der Waals surface area (Å²) in [6.45, 7) is 1.99. The van der Waals surface area contributed by atoms with E-state index in [0.717, 1.165) is 18.6 Å². The van der Waals surface area contributed by atoms with Crippen LogP contribution in [0.2, 0.25) is 0 Å². The summed E-state index contributed by atoms with van der Waals surface area (Å²) in [7, 11) is 0. The van der Waals surface area contributed by atoms with Crippen LogP contribution in [0, 0.1) is 10.1 Å². The van der Waals surface area contributed by atoms with E-state index in [1.807, 2.05) is 19.1 Å². The van der Waals surface area contributed by atoms with Gasteiger partial charge in [0.1, 0.15) is 18.2 Å². The molecule has 0 radical (unpaired) electrons. The highest BCUT2D eigenvalue weighted by Gasteiger charge is 2.09. The average Bonchev–Trinajstić information content (AvgIpc) is 2.90. The SMILES string of the molecule is CC(CCc1ccco1)Nc1ncc([N+](=O)[O-])cn1. The molecule has 19 heavy (non-hydrogen) atoms. The van der Waals surface area contributed by atoms with Gasteiger partial charge in [0.05, 0.1) is 11.2 Å². The van der Waals surface area contributed by atoms with Crippen molar-refractivity contribution in [3.63, 3.8) is 0 Å². The highest BCUT2D eigenvalue weighted by atomic mass is 16.6. The summed E-state index contributed by atoms with van der Waals surface area (Å²) in [6.07, 6.45) is 5.69. The molecule has 0 aliphatic carbocycles. The molecular weight excluding hydrogens is 248 g/mol. The van der Waals surface area contributed by atoms with E-state index in [9.17, 15) is 10.1 Å². The van der Waals surface area contributed by atoms with Crippen LogP contribution in [0.3, 0.4) is 0 Å². The van der Waals surface area contributed by atoms with Crippen LogP contribution in [0.25, 0.3) is 0 Å².